The van der Waals surface area contributed by atoms with Gasteiger partial charge in [0.2, 0.25) is 0 Å². The Kier molecular flexibility index (Phi) is 7.09. The highest BCUT2D eigenvalue weighted by Crippen LogP contribution is 2.39. The number of alkyl halides is 5. The van der Waals surface area contributed by atoms with Crippen LogP contribution in [0.4, 0.5) is 22.0 Å². The highest BCUT2D eigenvalue weighted by atomic mass is 19.4. The van der Waals surface area contributed by atoms with Gasteiger partial charge in [-0.15, -0.1) is 0 Å². The highest BCUT2D eigenvalue weighted by Gasteiger charge is 2.42. The Labute approximate surface area is 215 Å². The van der Waals surface area contributed by atoms with Crippen molar-refractivity contribution in [1.82, 2.24) is 30.9 Å². The number of likely N-dealkylation sites (tertiary alicyclic amines) is 1. The first-order chi connectivity index (χ1) is 18.1. The van der Waals surface area contributed by atoms with Gasteiger partial charge in [0.1, 0.15) is 29.6 Å². The van der Waals surface area contributed by atoms with E-state index < -0.39 is 24.2 Å². The lowest BCUT2D eigenvalue weighted by Crippen LogP contribution is -2.51. The molecule has 3 N–H and O–H groups in total. The average Bonchev–Trinajstić information content (AvgIpc) is 3.42. The van der Waals surface area contributed by atoms with Gasteiger partial charge in [0.05, 0.1) is 24.4 Å². The maximum Gasteiger partial charge on any atom is 0.433 e. The summed E-state index contributed by atoms with van der Waals surface area (Å²) in [5.41, 5.74) is 6.68. The molecular weight excluding hydrogens is 509 g/mol. The Hall–Kier alpha value is -3.16. The number of nitrogens with zero attached hydrogens (tertiary/aromatic N) is 4. The largest absolute Gasteiger partial charge is 0.433 e. The Morgan fingerprint density at radius 2 is 1.95 bits per heavy atom. The van der Waals surface area contributed by atoms with Gasteiger partial charge in [-0.1, -0.05) is 18.2 Å². The second-order valence-electron chi connectivity index (χ2n) is 9.75. The Bertz CT molecular complexity index is 1330. The highest BCUT2D eigenvalue weighted by molar-refractivity contribution is 5.94. The molecule has 0 radical (unpaired) electrons. The molecule has 204 valence electrons. The minimum absolute atomic E-state index is 0.0387. The fraction of sp³-hybridized carbons (Fsp3) is 0.480. The normalized spacial score (nSPS) is 22.1. The van der Waals surface area contributed by atoms with Gasteiger partial charge in [-0.05, 0) is 17.7 Å². The monoisotopic (exact) mass is 537 g/mol. The van der Waals surface area contributed by atoms with Crippen LogP contribution in [0.3, 0.4) is 0 Å². The molecule has 2 aliphatic heterocycles. The van der Waals surface area contributed by atoms with E-state index in [2.05, 4.69) is 31.0 Å². The Balaban J connectivity index is 1.54. The minimum Gasteiger partial charge on any atom is -0.379 e. The zero-order valence-electron chi connectivity index (χ0n) is 20.9. The number of hydrazine groups is 1. The van der Waals surface area contributed by atoms with E-state index in [9.17, 15) is 22.0 Å². The van der Waals surface area contributed by atoms with Crippen LogP contribution < -0.4 is 10.9 Å². The van der Waals surface area contributed by atoms with Crippen molar-refractivity contribution in [1.29, 1.82) is 0 Å². The van der Waals surface area contributed by atoms with Crippen LogP contribution in [0.1, 0.15) is 23.4 Å². The summed E-state index contributed by atoms with van der Waals surface area (Å²) in [7, 11) is 3.43. The molecule has 2 atom stereocenters. The van der Waals surface area contributed by atoms with E-state index in [4.69, 9.17) is 4.74 Å². The molecule has 0 amide bonds. The van der Waals surface area contributed by atoms with E-state index in [0.717, 1.165) is 17.5 Å². The summed E-state index contributed by atoms with van der Waals surface area (Å²) in [5.74, 6) is 0.741. The first-order valence-corrected chi connectivity index (χ1v) is 12.2. The van der Waals surface area contributed by atoms with Crippen molar-refractivity contribution in [2.75, 3.05) is 40.4 Å². The van der Waals surface area contributed by atoms with E-state index >= 15 is 0 Å². The van der Waals surface area contributed by atoms with Crippen molar-refractivity contribution >= 4 is 16.7 Å². The number of H-pyrrole nitrogens is 1. The molecule has 0 aliphatic carbocycles. The number of pyridine rings is 1. The Morgan fingerprint density at radius 3 is 2.55 bits per heavy atom. The van der Waals surface area contributed by atoms with E-state index in [0.29, 0.717) is 36.4 Å². The zero-order valence-corrected chi connectivity index (χ0v) is 20.9. The third-order valence-electron chi connectivity index (χ3n) is 7.10. The third-order valence-corrected chi connectivity index (χ3v) is 7.10. The maximum atomic E-state index is 13.8. The summed E-state index contributed by atoms with van der Waals surface area (Å²) in [6.07, 6.45) is -7.50. The average molecular weight is 538 g/mol. The van der Waals surface area contributed by atoms with Crippen molar-refractivity contribution < 1.29 is 26.7 Å². The number of halogens is 5. The van der Waals surface area contributed by atoms with Gasteiger partial charge in [0, 0.05) is 56.5 Å². The number of hydrogen-bond acceptors (Lipinski definition) is 6. The van der Waals surface area contributed by atoms with Crippen molar-refractivity contribution in [2.24, 2.45) is 4.99 Å². The molecule has 3 aromatic rings. The molecule has 0 bridgehead atoms. The molecule has 38 heavy (non-hydrogen) atoms. The maximum absolute atomic E-state index is 13.8. The van der Waals surface area contributed by atoms with Crippen molar-refractivity contribution in [2.45, 2.75) is 36.9 Å². The number of nitrogens with one attached hydrogen (secondary N) is 3. The van der Waals surface area contributed by atoms with Gasteiger partial charge in [0.15, 0.2) is 0 Å². The molecule has 0 saturated carbocycles. The number of amidine groups is 1. The quantitative estimate of drug-likeness (QED) is 0.185. The molecule has 8 nitrogen and oxygen atoms in total. The number of aliphatic imine (C=N–C) groups is 1. The summed E-state index contributed by atoms with van der Waals surface area (Å²) in [6.45, 7) is 0.379. The molecular formula is C25H28F5N7O. The first kappa shape index (κ1) is 26.4. The lowest BCUT2D eigenvalue weighted by Gasteiger charge is -2.42. The summed E-state index contributed by atoms with van der Waals surface area (Å²) >= 11 is 0. The standard InChI is InChI=1S/C25H28F5N7O/c1-31-21(34-32-2)8-24(12-38-13-24)15-5-3-4-14(6-15)22-16-7-20(25(28,29)30)33-19(23(16)36-35-22)11-37-9-17(26)18(27)10-37/h3-7,17-18,32H,8-13H2,1-2H3,(H,31,34)(H,35,36)/t17-,18-/m1/s1. The second-order valence-corrected chi connectivity index (χ2v) is 9.75. The van der Waals surface area contributed by atoms with Gasteiger partial charge in [-0.25, -0.2) is 19.2 Å². The summed E-state index contributed by atoms with van der Waals surface area (Å²) in [5, 5.41) is 7.40. The van der Waals surface area contributed by atoms with Crippen LogP contribution >= 0.6 is 0 Å². The van der Waals surface area contributed by atoms with Crippen LogP contribution in [0.15, 0.2) is 35.3 Å². The van der Waals surface area contributed by atoms with Crippen LogP contribution in [0.2, 0.25) is 0 Å². The predicted octanol–water partition coefficient (Wildman–Crippen LogP) is 3.55. The van der Waals surface area contributed by atoms with Crippen molar-refractivity contribution in [3.63, 3.8) is 0 Å². The van der Waals surface area contributed by atoms with Gasteiger partial charge >= 0.3 is 6.18 Å². The van der Waals surface area contributed by atoms with Gasteiger partial charge in [-0.3, -0.25) is 15.0 Å². The number of ether oxygens (including phenoxy) is 1. The summed E-state index contributed by atoms with van der Waals surface area (Å²) in [4.78, 5) is 9.51. The predicted molar refractivity (Wildman–Crippen MR) is 132 cm³/mol. The van der Waals surface area contributed by atoms with Crippen LogP contribution in [-0.4, -0.2) is 78.7 Å². The van der Waals surface area contributed by atoms with Crippen LogP contribution in [0.5, 0.6) is 0 Å². The minimum atomic E-state index is -4.71. The summed E-state index contributed by atoms with van der Waals surface area (Å²) < 4.78 is 74.4. The smallest absolute Gasteiger partial charge is 0.379 e. The number of aromatic amines is 1. The number of aromatic nitrogens is 3. The van der Waals surface area contributed by atoms with E-state index in [-0.39, 0.29) is 36.1 Å². The number of rotatable bonds is 7. The zero-order chi connectivity index (χ0) is 27.1. The fourth-order valence-corrected chi connectivity index (χ4v) is 5.06. The van der Waals surface area contributed by atoms with Crippen molar-refractivity contribution in [3.05, 3.63) is 47.3 Å². The molecule has 1 aromatic carbocycles. The molecule has 2 aromatic heterocycles. The second kappa shape index (κ2) is 10.2. The van der Waals surface area contributed by atoms with Gasteiger partial charge < -0.3 is 10.2 Å². The van der Waals surface area contributed by atoms with Gasteiger partial charge in [0.25, 0.3) is 0 Å². The summed E-state index contributed by atoms with van der Waals surface area (Å²) in [6, 6.07) is 8.43. The van der Waals surface area contributed by atoms with Crippen LogP contribution in [0.25, 0.3) is 22.2 Å². The Morgan fingerprint density at radius 1 is 1.21 bits per heavy atom. The molecule has 2 fully saturated rings. The molecule has 4 heterocycles. The van der Waals surface area contributed by atoms with Crippen LogP contribution in [-0.2, 0) is 22.9 Å². The number of fused-ring (bicyclic) bond motifs is 1. The fourth-order valence-electron chi connectivity index (χ4n) is 5.06. The molecule has 2 saturated heterocycles. The molecule has 5 rings (SSSR count). The third kappa shape index (κ3) is 4.97. The van der Waals surface area contributed by atoms with Crippen LogP contribution in [0, 0.1) is 0 Å². The lowest BCUT2D eigenvalue weighted by atomic mass is 9.75. The molecule has 13 heteroatoms. The SMILES string of the molecule is CN=C(CC1(c2cccc(-c3n[nH]c4c(CN5C[C@@H](F)[C@H](F)C5)nc(C(F)(F)F)cc34)c2)COC1)NNC. The molecule has 0 spiro atoms. The number of hydrogen-bond donors (Lipinski definition) is 3. The van der Waals surface area contributed by atoms with Crippen molar-refractivity contribution in [3.8, 4) is 11.3 Å². The van der Waals surface area contributed by atoms with E-state index in [1.54, 1.807) is 20.2 Å². The molecule has 0 unspecified atom stereocenters. The van der Waals surface area contributed by atoms with Gasteiger partial charge in [-0.2, -0.15) is 18.3 Å². The topological polar surface area (TPSA) is 90.5 Å². The molecule has 2 aliphatic rings. The number of benzene rings is 1. The lowest BCUT2D eigenvalue weighted by molar-refractivity contribution is -0.141. The van der Waals surface area contributed by atoms with E-state index in [1.165, 1.54) is 4.90 Å². The first-order valence-electron chi connectivity index (χ1n) is 12.2. The van der Waals surface area contributed by atoms with E-state index in [1.807, 2.05) is 18.2 Å².